The van der Waals surface area contributed by atoms with Crippen molar-refractivity contribution < 1.29 is 4.79 Å². The van der Waals surface area contributed by atoms with Crippen LogP contribution in [0.1, 0.15) is 12.0 Å². The van der Waals surface area contributed by atoms with Gasteiger partial charge in [-0.15, -0.1) is 0 Å². The molecule has 0 saturated heterocycles. The minimum absolute atomic E-state index is 0.0425. The number of para-hydroxylation sites is 1. The lowest BCUT2D eigenvalue weighted by atomic mass is 10.1. The van der Waals surface area contributed by atoms with E-state index in [-0.39, 0.29) is 5.91 Å². The number of fused-ring (bicyclic) bond motifs is 1. The molecule has 0 atom stereocenters. The van der Waals surface area contributed by atoms with Crippen molar-refractivity contribution in [3.8, 4) is 0 Å². The molecule has 0 aliphatic rings. The fraction of sp³-hybridized carbons (Fsp3) is 0.214. The average Bonchev–Trinajstić information content (AvgIpc) is 2.77. The van der Waals surface area contributed by atoms with Gasteiger partial charge in [-0.25, -0.2) is 0 Å². The van der Waals surface area contributed by atoms with Gasteiger partial charge in [-0.2, -0.15) is 0 Å². The van der Waals surface area contributed by atoms with Crippen molar-refractivity contribution in [2.45, 2.75) is 12.8 Å². The van der Waals surface area contributed by atoms with E-state index < -0.39 is 0 Å². The summed E-state index contributed by atoms with van der Waals surface area (Å²) in [6.45, 7) is 4.15. The second-order valence-electron chi connectivity index (χ2n) is 4.15. The number of amides is 1. The molecule has 3 nitrogen and oxygen atoms in total. The molecular weight excluding hydrogens is 292 g/mol. The summed E-state index contributed by atoms with van der Waals surface area (Å²) in [6, 6.07) is 8.11. The summed E-state index contributed by atoms with van der Waals surface area (Å²) < 4.78 is 0.781. The monoisotopic (exact) mass is 306 g/mol. The molecule has 1 heterocycles. The van der Waals surface area contributed by atoms with Gasteiger partial charge in [-0.3, -0.25) is 4.79 Å². The first-order chi connectivity index (χ1) is 8.66. The number of carbonyl (C=O) groups excluding carboxylic acids is 1. The third-order valence-corrected chi connectivity index (χ3v) is 3.05. The van der Waals surface area contributed by atoms with Gasteiger partial charge in [0, 0.05) is 34.5 Å². The van der Waals surface area contributed by atoms with Crippen molar-refractivity contribution >= 4 is 32.7 Å². The predicted molar refractivity (Wildman–Crippen MR) is 77.7 cm³/mol. The molecule has 4 heteroatoms. The Kier molecular flexibility index (Phi) is 4.20. The Morgan fingerprint density at radius 2 is 2.17 bits per heavy atom. The lowest BCUT2D eigenvalue weighted by molar-refractivity contribution is -0.120. The van der Waals surface area contributed by atoms with Gasteiger partial charge in [0.1, 0.15) is 0 Å². The molecule has 0 radical (unpaired) electrons. The quantitative estimate of drug-likeness (QED) is 0.876. The van der Waals surface area contributed by atoms with Gasteiger partial charge in [0.05, 0.1) is 0 Å². The fourth-order valence-electron chi connectivity index (χ4n) is 1.87. The molecule has 2 aromatic rings. The molecule has 0 aliphatic carbocycles. The molecule has 1 amide bonds. The van der Waals surface area contributed by atoms with E-state index in [1.165, 1.54) is 10.9 Å². The molecule has 0 unspecified atom stereocenters. The van der Waals surface area contributed by atoms with Crippen molar-refractivity contribution in [3.05, 3.63) is 47.1 Å². The number of hydrogen-bond donors (Lipinski definition) is 2. The van der Waals surface area contributed by atoms with Crippen LogP contribution in [0, 0.1) is 0 Å². The van der Waals surface area contributed by atoms with Crippen LogP contribution in [0.4, 0.5) is 0 Å². The van der Waals surface area contributed by atoms with Crippen LogP contribution in [-0.4, -0.2) is 17.4 Å². The maximum Gasteiger partial charge on any atom is 0.220 e. The van der Waals surface area contributed by atoms with E-state index in [1.807, 2.05) is 24.4 Å². The van der Waals surface area contributed by atoms with Crippen LogP contribution in [0.25, 0.3) is 10.9 Å². The topological polar surface area (TPSA) is 44.9 Å². The SMILES string of the molecule is C=C(Br)CNC(=O)CCc1c[nH]c2ccccc12. The number of aromatic nitrogens is 1. The Bertz CT molecular complexity index is 574. The number of H-pyrrole nitrogens is 1. The second-order valence-corrected chi connectivity index (χ2v) is 5.27. The van der Waals surface area contributed by atoms with Crippen molar-refractivity contribution in [3.63, 3.8) is 0 Å². The maximum absolute atomic E-state index is 11.6. The summed E-state index contributed by atoms with van der Waals surface area (Å²) in [5, 5.41) is 3.99. The van der Waals surface area contributed by atoms with Gasteiger partial charge >= 0.3 is 0 Å². The lowest BCUT2D eigenvalue weighted by Gasteiger charge is -2.03. The van der Waals surface area contributed by atoms with Crippen LogP contribution < -0.4 is 5.32 Å². The third kappa shape index (κ3) is 3.23. The number of hydrogen-bond acceptors (Lipinski definition) is 1. The van der Waals surface area contributed by atoms with Gasteiger partial charge in [0.2, 0.25) is 5.91 Å². The first kappa shape index (κ1) is 12.9. The van der Waals surface area contributed by atoms with Crippen LogP contribution in [-0.2, 0) is 11.2 Å². The largest absolute Gasteiger partial charge is 0.361 e. The number of carbonyl (C=O) groups is 1. The van der Waals surface area contributed by atoms with Crippen molar-refractivity contribution in [1.29, 1.82) is 0 Å². The molecule has 2 rings (SSSR count). The van der Waals surface area contributed by atoms with Crippen LogP contribution in [0.2, 0.25) is 0 Å². The predicted octanol–water partition coefficient (Wildman–Crippen LogP) is 3.13. The molecule has 2 N–H and O–H groups in total. The number of halogens is 1. The van der Waals surface area contributed by atoms with E-state index in [4.69, 9.17) is 0 Å². The minimum atomic E-state index is 0.0425. The molecule has 0 fully saturated rings. The average molecular weight is 307 g/mol. The minimum Gasteiger partial charge on any atom is -0.361 e. The maximum atomic E-state index is 11.6. The summed E-state index contributed by atoms with van der Waals surface area (Å²) in [5.74, 6) is 0.0425. The Labute approximate surface area is 114 Å². The summed E-state index contributed by atoms with van der Waals surface area (Å²) in [5.41, 5.74) is 2.29. The van der Waals surface area contributed by atoms with E-state index in [1.54, 1.807) is 0 Å². The highest BCUT2D eigenvalue weighted by Gasteiger charge is 2.06. The summed E-state index contributed by atoms with van der Waals surface area (Å²) in [6.07, 6.45) is 3.20. The van der Waals surface area contributed by atoms with Crippen molar-refractivity contribution in [2.24, 2.45) is 0 Å². The number of benzene rings is 1. The summed E-state index contributed by atoms with van der Waals surface area (Å²) >= 11 is 3.21. The highest BCUT2D eigenvalue weighted by Crippen LogP contribution is 2.18. The van der Waals surface area contributed by atoms with E-state index >= 15 is 0 Å². The number of aryl methyl sites for hydroxylation is 1. The zero-order chi connectivity index (χ0) is 13.0. The zero-order valence-electron chi connectivity index (χ0n) is 10.0. The van der Waals surface area contributed by atoms with Crippen LogP contribution >= 0.6 is 15.9 Å². The van der Waals surface area contributed by atoms with Gasteiger partial charge in [-0.05, 0) is 18.1 Å². The standard InChI is InChI=1S/C14H15BrN2O/c1-10(15)8-17-14(18)7-6-11-9-16-13-5-3-2-4-12(11)13/h2-5,9,16H,1,6-8H2,(H,17,18). The first-order valence-electron chi connectivity index (χ1n) is 5.82. The number of rotatable bonds is 5. The normalized spacial score (nSPS) is 10.5. The molecule has 0 bridgehead atoms. The zero-order valence-corrected chi connectivity index (χ0v) is 11.6. The van der Waals surface area contributed by atoms with E-state index in [9.17, 15) is 4.79 Å². The van der Waals surface area contributed by atoms with E-state index in [0.29, 0.717) is 13.0 Å². The smallest absolute Gasteiger partial charge is 0.220 e. The Hall–Kier alpha value is -1.55. The van der Waals surface area contributed by atoms with E-state index in [0.717, 1.165) is 16.4 Å². The number of aromatic amines is 1. The molecule has 0 aliphatic heterocycles. The van der Waals surface area contributed by atoms with Crippen molar-refractivity contribution in [1.82, 2.24) is 10.3 Å². The van der Waals surface area contributed by atoms with Crippen molar-refractivity contribution in [2.75, 3.05) is 6.54 Å². The third-order valence-electron chi connectivity index (χ3n) is 2.77. The molecule has 1 aromatic heterocycles. The molecule has 0 saturated carbocycles. The molecule has 1 aromatic carbocycles. The Morgan fingerprint density at radius 1 is 1.39 bits per heavy atom. The molecule has 94 valence electrons. The van der Waals surface area contributed by atoms with Gasteiger partial charge in [0.25, 0.3) is 0 Å². The lowest BCUT2D eigenvalue weighted by Crippen LogP contribution is -2.24. The molecule has 18 heavy (non-hydrogen) atoms. The molecule has 0 spiro atoms. The van der Waals surface area contributed by atoms with Gasteiger partial charge in [-0.1, -0.05) is 40.7 Å². The van der Waals surface area contributed by atoms with Crippen LogP contribution in [0.5, 0.6) is 0 Å². The number of nitrogens with one attached hydrogen (secondary N) is 2. The fourth-order valence-corrected chi connectivity index (χ4v) is 2.01. The Morgan fingerprint density at radius 3 is 2.94 bits per heavy atom. The highest BCUT2D eigenvalue weighted by molar-refractivity contribution is 9.11. The van der Waals surface area contributed by atoms with Crippen LogP contribution in [0.3, 0.4) is 0 Å². The van der Waals surface area contributed by atoms with E-state index in [2.05, 4.69) is 38.9 Å². The van der Waals surface area contributed by atoms with Crippen LogP contribution in [0.15, 0.2) is 41.5 Å². The molecular formula is C14H15BrN2O. The van der Waals surface area contributed by atoms with Gasteiger partial charge < -0.3 is 10.3 Å². The van der Waals surface area contributed by atoms with Gasteiger partial charge in [0.15, 0.2) is 0 Å². The summed E-state index contributed by atoms with van der Waals surface area (Å²) in [4.78, 5) is 14.8. The first-order valence-corrected chi connectivity index (χ1v) is 6.61. The Balaban J connectivity index is 1.94. The second kappa shape index (κ2) is 5.87. The summed E-state index contributed by atoms with van der Waals surface area (Å²) in [7, 11) is 0. The highest BCUT2D eigenvalue weighted by atomic mass is 79.9.